The van der Waals surface area contributed by atoms with Crippen LogP contribution in [0.25, 0.3) is 10.2 Å². The number of aromatic nitrogens is 3. The molecule has 1 aliphatic rings. The molecular weight excluding hydrogens is 338 g/mol. The molecule has 1 aromatic carbocycles. The molecule has 1 saturated heterocycles. The van der Waals surface area contributed by atoms with E-state index < -0.39 is 0 Å². The highest BCUT2D eigenvalue weighted by molar-refractivity contribution is 7.22. The van der Waals surface area contributed by atoms with Gasteiger partial charge in [0.15, 0.2) is 10.8 Å². The number of carbonyl (C=O) groups is 1. The van der Waals surface area contributed by atoms with Gasteiger partial charge in [-0.15, -0.1) is 0 Å². The molecule has 0 spiro atoms. The summed E-state index contributed by atoms with van der Waals surface area (Å²) in [4.78, 5) is 16.9. The number of fused-ring (bicyclic) bond motifs is 1. The number of nitrogens with one attached hydrogen (secondary N) is 2. The number of methoxy groups -OCH3 is 1. The Morgan fingerprint density at radius 2 is 2.36 bits per heavy atom. The summed E-state index contributed by atoms with van der Waals surface area (Å²) in [5.41, 5.74) is 1.24. The summed E-state index contributed by atoms with van der Waals surface area (Å²) >= 11 is 1.42. The summed E-state index contributed by atoms with van der Waals surface area (Å²) in [6.45, 7) is 1.94. The lowest BCUT2D eigenvalue weighted by molar-refractivity contribution is 0.102. The summed E-state index contributed by atoms with van der Waals surface area (Å²) in [6.07, 6.45) is 4.08. The zero-order chi connectivity index (χ0) is 17.2. The fraction of sp³-hybridized carbons (Fsp3) is 0.353. The van der Waals surface area contributed by atoms with Crippen molar-refractivity contribution < 1.29 is 9.53 Å². The Bertz CT molecular complexity index is 897. The van der Waals surface area contributed by atoms with Crippen molar-refractivity contribution in [2.24, 2.45) is 0 Å². The lowest BCUT2D eigenvalue weighted by atomic mass is 10.1. The quantitative estimate of drug-likeness (QED) is 0.750. The summed E-state index contributed by atoms with van der Waals surface area (Å²) in [7, 11) is 1.63. The summed E-state index contributed by atoms with van der Waals surface area (Å²) in [6, 6.07) is 7.71. The third kappa shape index (κ3) is 3.35. The van der Waals surface area contributed by atoms with Gasteiger partial charge in [-0.3, -0.25) is 14.8 Å². The first-order valence-corrected chi connectivity index (χ1v) is 9.06. The van der Waals surface area contributed by atoms with Crippen LogP contribution < -0.4 is 15.4 Å². The van der Waals surface area contributed by atoms with Crippen LogP contribution in [0.2, 0.25) is 0 Å². The third-order valence-electron chi connectivity index (χ3n) is 4.30. The van der Waals surface area contributed by atoms with Crippen LogP contribution in [0.15, 0.2) is 30.5 Å². The second kappa shape index (κ2) is 6.81. The van der Waals surface area contributed by atoms with Gasteiger partial charge in [0.05, 0.1) is 23.4 Å². The second-order valence-electron chi connectivity index (χ2n) is 5.99. The molecular formula is C17H19N5O2S. The Balaban J connectivity index is 1.49. The predicted molar refractivity (Wildman–Crippen MR) is 97.5 cm³/mol. The van der Waals surface area contributed by atoms with Crippen molar-refractivity contribution in [3.8, 4) is 5.75 Å². The van der Waals surface area contributed by atoms with Gasteiger partial charge in [-0.25, -0.2) is 4.98 Å². The van der Waals surface area contributed by atoms with Gasteiger partial charge in [-0.05, 0) is 43.7 Å². The Kier molecular flexibility index (Phi) is 4.37. The molecule has 25 heavy (non-hydrogen) atoms. The fourth-order valence-electron chi connectivity index (χ4n) is 2.97. The van der Waals surface area contributed by atoms with E-state index in [1.807, 2.05) is 29.1 Å². The van der Waals surface area contributed by atoms with Crippen molar-refractivity contribution in [3.05, 3.63) is 36.2 Å². The van der Waals surface area contributed by atoms with E-state index in [4.69, 9.17) is 4.74 Å². The third-order valence-corrected chi connectivity index (χ3v) is 5.24. The van der Waals surface area contributed by atoms with Crippen molar-refractivity contribution in [2.75, 3.05) is 25.5 Å². The maximum Gasteiger partial charge on any atom is 0.277 e. The minimum atomic E-state index is -0.242. The van der Waals surface area contributed by atoms with Gasteiger partial charge in [-0.1, -0.05) is 11.3 Å². The number of rotatable bonds is 4. The number of anilines is 1. The fourth-order valence-corrected chi connectivity index (χ4v) is 3.86. The van der Waals surface area contributed by atoms with Crippen LogP contribution in [-0.2, 0) is 0 Å². The van der Waals surface area contributed by atoms with Gasteiger partial charge in [0, 0.05) is 12.7 Å². The number of hydrogen-bond acceptors (Lipinski definition) is 6. The average molecular weight is 357 g/mol. The number of hydrogen-bond donors (Lipinski definition) is 2. The highest BCUT2D eigenvalue weighted by Crippen LogP contribution is 2.29. The number of thiazole rings is 1. The molecule has 0 bridgehead atoms. The average Bonchev–Trinajstić information content (AvgIpc) is 3.28. The van der Waals surface area contributed by atoms with Gasteiger partial charge in [-0.2, -0.15) is 5.10 Å². The van der Waals surface area contributed by atoms with Crippen LogP contribution in [-0.4, -0.2) is 40.9 Å². The first-order valence-electron chi connectivity index (χ1n) is 8.25. The molecule has 8 heteroatoms. The second-order valence-corrected chi connectivity index (χ2v) is 7.02. The first kappa shape index (κ1) is 16.0. The van der Waals surface area contributed by atoms with E-state index in [2.05, 4.69) is 20.7 Å². The molecule has 1 aliphatic heterocycles. The maximum atomic E-state index is 12.4. The zero-order valence-corrected chi connectivity index (χ0v) is 14.7. The highest BCUT2D eigenvalue weighted by atomic mass is 32.1. The van der Waals surface area contributed by atoms with E-state index in [9.17, 15) is 4.79 Å². The van der Waals surface area contributed by atoms with Crippen LogP contribution in [0.5, 0.6) is 5.75 Å². The van der Waals surface area contributed by atoms with Crippen LogP contribution in [0.4, 0.5) is 5.13 Å². The van der Waals surface area contributed by atoms with E-state index in [0.717, 1.165) is 41.9 Å². The molecule has 0 radical (unpaired) electrons. The maximum absolute atomic E-state index is 12.4. The van der Waals surface area contributed by atoms with E-state index >= 15 is 0 Å². The lowest BCUT2D eigenvalue weighted by Crippen LogP contribution is -2.32. The Labute approximate surface area is 149 Å². The summed E-state index contributed by atoms with van der Waals surface area (Å²) in [5, 5.41) is 11.2. The largest absolute Gasteiger partial charge is 0.497 e. The Morgan fingerprint density at radius 3 is 3.16 bits per heavy atom. The SMILES string of the molecule is COc1ccc2nc(NC(=O)c3ccn(C4CCCNC4)n3)sc2c1. The Hall–Kier alpha value is -2.45. The van der Waals surface area contributed by atoms with E-state index in [1.54, 1.807) is 13.2 Å². The molecule has 130 valence electrons. The minimum Gasteiger partial charge on any atom is -0.497 e. The number of piperidine rings is 1. The Morgan fingerprint density at radius 1 is 1.44 bits per heavy atom. The van der Waals surface area contributed by atoms with Crippen LogP contribution in [0.1, 0.15) is 29.4 Å². The molecule has 2 N–H and O–H groups in total. The highest BCUT2D eigenvalue weighted by Gasteiger charge is 2.18. The monoisotopic (exact) mass is 357 g/mol. The number of amides is 1. The molecule has 3 heterocycles. The number of ether oxygens (including phenoxy) is 1. The zero-order valence-electron chi connectivity index (χ0n) is 13.9. The van der Waals surface area contributed by atoms with Crippen LogP contribution in [0, 0.1) is 0 Å². The van der Waals surface area contributed by atoms with Crippen molar-refractivity contribution in [1.29, 1.82) is 0 Å². The van der Waals surface area contributed by atoms with Crippen molar-refractivity contribution >= 4 is 32.6 Å². The normalized spacial score (nSPS) is 17.6. The number of nitrogens with zero attached hydrogens (tertiary/aromatic N) is 3. The molecule has 1 unspecified atom stereocenters. The van der Waals surface area contributed by atoms with Gasteiger partial charge in [0.2, 0.25) is 0 Å². The van der Waals surface area contributed by atoms with Gasteiger partial charge in [0.25, 0.3) is 5.91 Å². The van der Waals surface area contributed by atoms with Gasteiger partial charge >= 0.3 is 0 Å². The van der Waals surface area contributed by atoms with E-state index in [1.165, 1.54) is 11.3 Å². The predicted octanol–water partition coefficient (Wildman–Crippen LogP) is 2.68. The lowest BCUT2D eigenvalue weighted by Gasteiger charge is -2.22. The molecule has 4 rings (SSSR count). The molecule has 7 nitrogen and oxygen atoms in total. The van der Waals surface area contributed by atoms with Crippen LogP contribution in [0.3, 0.4) is 0 Å². The van der Waals surface area contributed by atoms with Gasteiger partial charge in [0.1, 0.15) is 5.75 Å². The van der Waals surface area contributed by atoms with Crippen LogP contribution >= 0.6 is 11.3 Å². The van der Waals surface area contributed by atoms with Crippen molar-refractivity contribution in [1.82, 2.24) is 20.1 Å². The minimum absolute atomic E-state index is 0.242. The molecule has 1 atom stereocenters. The summed E-state index contributed by atoms with van der Waals surface area (Å²) < 4.78 is 8.06. The molecule has 0 aliphatic carbocycles. The van der Waals surface area contributed by atoms with E-state index in [-0.39, 0.29) is 5.91 Å². The number of benzene rings is 1. The van der Waals surface area contributed by atoms with Crippen molar-refractivity contribution in [3.63, 3.8) is 0 Å². The standard InChI is InChI=1S/C17H19N5O2S/c1-24-12-4-5-13-15(9-12)25-17(19-13)20-16(23)14-6-8-22(21-14)11-3-2-7-18-10-11/h4-6,8-9,11,18H,2-3,7,10H2,1H3,(H,19,20,23). The van der Waals surface area contributed by atoms with Crippen molar-refractivity contribution in [2.45, 2.75) is 18.9 Å². The molecule has 3 aromatic rings. The van der Waals surface area contributed by atoms with Gasteiger partial charge < -0.3 is 10.1 Å². The topological polar surface area (TPSA) is 81.1 Å². The molecule has 2 aromatic heterocycles. The smallest absolute Gasteiger partial charge is 0.277 e. The molecule has 1 amide bonds. The molecule has 1 fully saturated rings. The molecule has 0 saturated carbocycles. The summed E-state index contributed by atoms with van der Waals surface area (Å²) in [5.74, 6) is 0.530. The number of carbonyl (C=O) groups excluding carboxylic acids is 1. The first-order chi connectivity index (χ1) is 12.2. The van der Waals surface area contributed by atoms with E-state index in [0.29, 0.717) is 16.9 Å².